The predicted octanol–water partition coefficient (Wildman–Crippen LogP) is 1.32. The Morgan fingerprint density at radius 3 is 2.95 bits per heavy atom. The van der Waals surface area contributed by atoms with Crippen LogP contribution in [0.15, 0.2) is 48.0 Å². The summed E-state index contributed by atoms with van der Waals surface area (Å²) in [7, 11) is 0. The SMILES string of the molecule is NCC1=NC(=O)c2ccc(-n3ccc4cncnc43)cc21. The second-order valence-corrected chi connectivity index (χ2v) is 4.79. The molecule has 6 nitrogen and oxygen atoms in total. The average Bonchev–Trinajstić information content (AvgIpc) is 3.08. The van der Waals surface area contributed by atoms with E-state index in [1.54, 1.807) is 12.3 Å². The van der Waals surface area contributed by atoms with E-state index in [4.69, 9.17) is 5.73 Å². The van der Waals surface area contributed by atoms with Crippen molar-refractivity contribution in [3.8, 4) is 5.69 Å². The molecule has 102 valence electrons. The molecule has 1 aliphatic heterocycles. The topological polar surface area (TPSA) is 86.2 Å². The van der Waals surface area contributed by atoms with Gasteiger partial charge in [0.25, 0.3) is 5.91 Å². The molecular weight excluding hydrogens is 266 g/mol. The maximum Gasteiger partial charge on any atom is 0.277 e. The van der Waals surface area contributed by atoms with Gasteiger partial charge in [-0.1, -0.05) is 0 Å². The highest BCUT2D eigenvalue weighted by atomic mass is 16.1. The summed E-state index contributed by atoms with van der Waals surface area (Å²) in [5.74, 6) is -0.225. The minimum Gasteiger partial charge on any atom is -0.325 e. The highest BCUT2D eigenvalue weighted by Gasteiger charge is 2.22. The van der Waals surface area contributed by atoms with Gasteiger partial charge in [-0.05, 0) is 24.3 Å². The number of aliphatic imine (C=N–C) groups is 1. The van der Waals surface area contributed by atoms with Crippen LogP contribution >= 0.6 is 0 Å². The number of hydrogen-bond donors (Lipinski definition) is 1. The summed E-state index contributed by atoms with van der Waals surface area (Å²) >= 11 is 0. The summed E-state index contributed by atoms with van der Waals surface area (Å²) in [6.45, 7) is 0.247. The molecule has 2 aromatic heterocycles. The van der Waals surface area contributed by atoms with Crippen LogP contribution in [0.3, 0.4) is 0 Å². The van der Waals surface area contributed by atoms with Crippen molar-refractivity contribution in [2.75, 3.05) is 6.54 Å². The molecule has 1 aliphatic rings. The lowest BCUT2D eigenvalue weighted by molar-refractivity contribution is 0.101. The largest absolute Gasteiger partial charge is 0.325 e. The second kappa shape index (κ2) is 4.32. The molecule has 2 N–H and O–H groups in total. The van der Waals surface area contributed by atoms with Crippen molar-refractivity contribution in [2.24, 2.45) is 10.7 Å². The molecule has 0 atom stereocenters. The second-order valence-electron chi connectivity index (χ2n) is 4.79. The van der Waals surface area contributed by atoms with E-state index < -0.39 is 0 Å². The Hall–Kier alpha value is -2.86. The fourth-order valence-electron chi connectivity index (χ4n) is 2.59. The Kier molecular flexibility index (Phi) is 2.45. The van der Waals surface area contributed by atoms with Crippen molar-refractivity contribution in [1.82, 2.24) is 14.5 Å². The first kappa shape index (κ1) is 11.9. The summed E-state index contributed by atoms with van der Waals surface area (Å²) in [6.07, 6.45) is 5.21. The van der Waals surface area contributed by atoms with Gasteiger partial charge in [0.05, 0.1) is 11.3 Å². The van der Waals surface area contributed by atoms with Crippen LogP contribution in [0.5, 0.6) is 0 Å². The minimum absolute atomic E-state index is 0.225. The van der Waals surface area contributed by atoms with Gasteiger partial charge in [0.15, 0.2) is 0 Å². The van der Waals surface area contributed by atoms with Gasteiger partial charge < -0.3 is 10.3 Å². The van der Waals surface area contributed by atoms with Crippen LogP contribution < -0.4 is 5.73 Å². The van der Waals surface area contributed by atoms with Crippen LogP contribution in [0.4, 0.5) is 0 Å². The van der Waals surface area contributed by atoms with E-state index in [-0.39, 0.29) is 12.5 Å². The van der Waals surface area contributed by atoms with Crippen LogP contribution in [0.25, 0.3) is 16.7 Å². The molecule has 0 fully saturated rings. The smallest absolute Gasteiger partial charge is 0.277 e. The lowest BCUT2D eigenvalue weighted by Crippen LogP contribution is -2.13. The Labute approximate surface area is 120 Å². The third kappa shape index (κ3) is 1.70. The molecule has 4 rings (SSSR count). The maximum atomic E-state index is 11.8. The number of hydrogen-bond acceptors (Lipinski definition) is 4. The van der Waals surface area contributed by atoms with Gasteiger partial charge >= 0.3 is 0 Å². The first-order valence-corrected chi connectivity index (χ1v) is 6.52. The van der Waals surface area contributed by atoms with Crippen molar-refractivity contribution in [1.29, 1.82) is 0 Å². The number of rotatable bonds is 2. The quantitative estimate of drug-likeness (QED) is 0.765. The van der Waals surface area contributed by atoms with Crippen LogP contribution in [0.1, 0.15) is 15.9 Å². The van der Waals surface area contributed by atoms with Gasteiger partial charge in [0, 0.05) is 35.6 Å². The molecule has 6 heteroatoms. The first-order valence-electron chi connectivity index (χ1n) is 6.52. The van der Waals surface area contributed by atoms with E-state index in [0.717, 1.165) is 22.3 Å². The normalized spacial score (nSPS) is 13.6. The lowest BCUT2D eigenvalue weighted by Gasteiger charge is -2.07. The van der Waals surface area contributed by atoms with Crippen molar-refractivity contribution < 1.29 is 4.79 Å². The highest BCUT2D eigenvalue weighted by molar-refractivity contribution is 6.22. The summed E-state index contributed by atoms with van der Waals surface area (Å²) in [5.41, 5.74) is 9.43. The van der Waals surface area contributed by atoms with Crippen molar-refractivity contribution in [2.45, 2.75) is 0 Å². The molecule has 3 heterocycles. The molecule has 0 unspecified atom stereocenters. The van der Waals surface area contributed by atoms with E-state index in [1.807, 2.05) is 29.0 Å². The van der Waals surface area contributed by atoms with Gasteiger partial charge in [-0.25, -0.2) is 15.0 Å². The maximum absolute atomic E-state index is 11.8. The van der Waals surface area contributed by atoms with Crippen LogP contribution in [0.2, 0.25) is 0 Å². The van der Waals surface area contributed by atoms with Crippen LogP contribution in [-0.4, -0.2) is 32.7 Å². The fourth-order valence-corrected chi connectivity index (χ4v) is 2.59. The fraction of sp³-hybridized carbons (Fsp3) is 0.0667. The molecule has 0 bridgehead atoms. The van der Waals surface area contributed by atoms with E-state index in [9.17, 15) is 4.79 Å². The molecule has 21 heavy (non-hydrogen) atoms. The number of aromatic nitrogens is 3. The Bertz CT molecular complexity index is 909. The third-order valence-electron chi connectivity index (χ3n) is 3.60. The predicted molar refractivity (Wildman–Crippen MR) is 78.8 cm³/mol. The van der Waals surface area contributed by atoms with Gasteiger partial charge in [0.1, 0.15) is 12.0 Å². The van der Waals surface area contributed by atoms with Gasteiger partial charge in [-0.15, -0.1) is 0 Å². The Balaban J connectivity index is 1.92. The molecule has 0 saturated heterocycles. The summed E-state index contributed by atoms with van der Waals surface area (Å²) in [5, 5.41) is 0.960. The number of carbonyl (C=O) groups is 1. The monoisotopic (exact) mass is 277 g/mol. The first-order chi connectivity index (χ1) is 10.3. The molecule has 3 aromatic rings. The molecule has 0 radical (unpaired) electrons. The number of carbonyl (C=O) groups excluding carboxylic acids is 1. The number of amides is 1. The molecule has 0 saturated carbocycles. The van der Waals surface area contributed by atoms with Gasteiger partial charge in [-0.2, -0.15) is 0 Å². The zero-order valence-corrected chi connectivity index (χ0v) is 11.0. The zero-order valence-electron chi connectivity index (χ0n) is 11.0. The molecule has 1 aromatic carbocycles. The van der Waals surface area contributed by atoms with E-state index in [1.165, 1.54) is 6.33 Å². The zero-order chi connectivity index (χ0) is 14.4. The standard InChI is InChI=1S/C15H11N5O/c16-6-13-12-5-10(1-2-11(12)15(21)19-13)20-4-3-9-7-17-8-18-14(9)20/h1-5,7-8H,6,16H2. The van der Waals surface area contributed by atoms with Crippen molar-refractivity contribution in [3.63, 3.8) is 0 Å². The van der Waals surface area contributed by atoms with Gasteiger partial charge in [0.2, 0.25) is 0 Å². The van der Waals surface area contributed by atoms with Crippen LogP contribution in [0, 0.1) is 0 Å². The van der Waals surface area contributed by atoms with E-state index in [2.05, 4.69) is 15.0 Å². The summed E-state index contributed by atoms with van der Waals surface area (Å²) in [6, 6.07) is 7.54. The number of fused-ring (bicyclic) bond motifs is 2. The van der Waals surface area contributed by atoms with Crippen molar-refractivity contribution >= 4 is 22.7 Å². The highest BCUT2D eigenvalue weighted by Crippen LogP contribution is 2.24. The molecule has 0 spiro atoms. The van der Waals surface area contributed by atoms with Crippen LogP contribution in [-0.2, 0) is 0 Å². The number of benzene rings is 1. The Morgan fingerprint density at radius 2 is 2.10 bits per heavy atom. The van der Waals surface area contributed by atoms with Crippen molar-refractivity contribution in [3.05, 3.63) is 54.1 Å². The Morgan fingerprint density at radius 1 is 1.19 bits per heavy atom. The number of nitrogens with zero attached hydrogens (tertiary/aromatic N) is 4. The van der Waals surface area contributed by atoms with E-state index >= 15 is 0 Å². The van der Waals surface area contributed by atoms with Gasteiger partial charge in [-0.3, -0.25) is 4.79 Å². The number of nitrogens with two attached hydrogens (primary N) is 1. The van der Waals surface area contributed by atoms with E-state index in [0.29, 0.717) is 11.3 Å². The summed E-state index contributed by atoms with van der Waals surface area (Å²) < 4.78 is 1.95. The molecule has 1 amide bonds. The summed E-state index contributed by atoms with van der Waals surface area (Å²) in [4.78, 5) is 24.1. The molecular formula is C15H11N5O. The minimum atomic E-state index is -0.225. The lowest BCUT2D eigenvalue weighted by atomic mass is 10.0. The average molecular weight is 277 g/mol. The molecule has 0 aliphatic carbocycles. The third-order valence-corrected chi connectivity index (χ3v) is 3.60.